The second-order valence-electron chi connectivity index (χ2n) is 3.95. The van der Waals surface area contributed by atoms with Gasteiger partial charge in [0.05, 0.1) is 0 Å². The molecule has 1 aromatic rings. The smallest absolute Gasteiger partial charge is 0.366 e. The largest absolute Gasteiger partial charge is 0.664 e. The van der Waals surface area contributed by atoms with E-state index in [-0.39, 0.29) is 0 Å². The van der Waals surface area contributed by atoms with Crippen molar-refractivity contribution < 1.29 is 18.9 Å². The van der Waals surface area contributed by atoms with Crippen molar-refractivity contribution in [1.82, 2.24) is 0 Å². The fraction of sp³-hybridized carbons (Fsp3) is 0.273. The van der Waals surface area contributed by atoms with Crippen molar-refractivity contribution in [3.05, 3.63) is 28.8 Å². The molecule has 0 N–H and O–H groups in total. The van der Waals surface area contributed by atoms with E-state index in [1.165, 1.54) is 0 Å². The molecule has 1 radical (unpaired) electrons. The van der Waals surface area contributed by atoms with E-state index in [2.05, 4.69) is 0 Å². The molecule has 0 spiro atoms. The molecule has 0 saturated carbocycles. The summed E-state index contributed by atoms with van der Waals surface area (Å²) >= 11 is 0. The first-order chi connectivity index (χ1) is 7.49. The van der Waals surface area contributed by atoms with Crippen LogP contribution in [0.4, 0.5) is 0 Å². The molecular formula is C11H11BO4-. The van der Waals surface area contributed by atoms with E-state index < -0.39 is 19.1 Å². The van der Waals surface area contributed by atoms with Crippen LogP contribution in [0.25, 0.3) is 0 Å². The highest BCUT2D eigenvalue weighted by Crippen LogP contribution is 2.11. The summed E-state index contributed by atoms with van der Waals surface area (Å²) in [4.78, 5) is 21.9. The van der Waals surface area contributed by atoms with E-state index in [1.54, 1.807) is 0 Å². The van der Waals surface area contributed by atoms with Gasteiger partial charge in [0.1, 0.15) is 0 Å². The average molecular weight is 218 g/mol. The maximum Gasteiger partial charge on any atom is 0.366 e. The third-order valence-electron chi connectivity index (χ3n) is 2.57. The van der Waals surface area contributed by atoms with Crippen molar-refractivity contribution in [3.63, 3.8) is 0 Å². The van der Waals surface area contributed by atoms with Crippen molar-refractivity contribution in [3.8, 4) is 0 Å². The highest BCUT2D eigenvalue weighted by Gasteiger charge is 2.28. The van der Waals surface area contributed by atoms with Gasteiger partial charge in [-0.15, -0.1) is 5.46 Å². The second-order valence-corrected chi connectivity index (χ2v) is 3.95. The molecular weight excluding hydrogens is 207 g/mol. The molecule has 0 amide bonds. The minimum absolute atomic E-state index is 0.754. The minimum Gasteiger partial charge on any atom is -0.664 e. The standard InChI is InChI=1S/C11H11BO4/c1-6-4-7(2)9(8(3)5-6)12-15-10(13)11(14)16-12/h4-5H,1-3H3/q-1. The molecule has 1 fully saturated rings. The van der Waals surface area contributed by atoms with Crippen molar-refractivity contribution >= 4 is 24.5 Å². The maximum absolute atomic E-state index is 11.0. The highest BCUT2D eigenvalue weighted by molar-refractivity contribution is 6.71. The minimum atomic E-state index is -0.927. The van der Waals surface area contributed by atoms with Gasteiger partial charge in [0.15, 0.2) is 0 Å². The molecule has 1 aliphatic heterocycles. The zero-order valence-corrected chi connectivity index (χ0v) is 9.37. The number of hydrogen-bond donors (Lipinski definition) is 0. The van der Waals surface area contributed by atoms with Gasteiger partial charge in [-0.25, -0.2) is 9.59 Å². The van der Waals surface area contributed by atoms with Gasteiger partial charge in [0.2, 0.25) is 0 Å². The Kier molecular flexibility index (Phi) is 2.46. The Morgan fingerprint density at radius 2 is 1.38 bits per heavy atom. The Bertz CT molecular complexity index is 442. The number of carbonyl (C=O) groups excluding carboxylic acids is 2. The quantitative estimate of drug-likeness (QED) is 0.505. The normalized spacial score (nSPS) is 16.2. The molecule has 1 aromatic carbocycles. The molecule has 0 atom stereocenters. The molecule has 5 heteroatoms. The van der Waals surface area contributed by atoms with Gasteiger partial charge in [-0.1, -0.05) is 28.8 Å². The van der Waals surface area contributed by atoms with Crippen LogP contribution in [-0.4, -0.2) is 19.1 Å². The second kappa shape index (κ2) is 3.66. The lowest BCUT2D eigenvalue weighted by Crippen LogP contribution is -2.36. The van der Waals surface area contributed by atoms with Gasteiger partial charge in [0, 0.05) is 0 Å². The van der Waals surface area contributed by atoms with E-state index in [0.717, 1.165) is 22.2 Å². The first kappa shape index (κ1) is 10.7. The molecule has 83 valence electrons. The van der Waals surface area contributed by atoms with Gasteiger partial charge < -0.3 is 9.31 Å². The van der Waals surface area contributed by atoms with Crippen molar-refractivity contribution in [1.29, 1.82) is 0 Å². The highest BCUT2D eigenvalue weighted by atomic mass is 16.7. The van der Waals surface area contributed by atoms with E-state index in [4.69, 9.17) is 9.31 Å². The van der Waals surface area contributed by atoms with Crippen molar-refractivity contribution in [2.45, 2.75) is 20.8 Å². The van der Waals surface area contributed by atoms with Crippen LogP contribution in [0.1, 0.15) is 16.7 Å². The molecule has 4 nitrogen and oxygen atoms in total. The first-order valence-electron chi connectivity index (χ1n) is 4.98. The monoisotopic (exact) mass is 218 g/mol. The lowest BCUT2D eigenvalue weighted by molar-refractivity contribution is -0.150. The molecule has 0 aromatic heterocycles. The molecule has 2 rings (SSSR count). The zero-order valence-electron chi connectivity index (χ0n) is 9.37. The van der Waals surface area contributed by atoms with E-state index in [1.807, 2.05) is 32.9 Å². The summed E-state index contributed by atoms with van der Waals surface area (Å²) in [5, 5.41) is 0. The predicted molar refractivity (Wildman–Crippen MR) is 58.2 cm³/mol. The van der Waals surface area contributed by atoms with E-state index in [0.29, 0.717) is 0 Å². The summed E-state index contributed by atoms with van der Waals surface area (Å²) in [7, 11) is -0.888. The summed E-state index contributed by atoms with van der Waals surface area (Å²) in [6, 6.07) is 3.92. The Morgan fingerprint density at radius 3 is 1.81 bits per heavy atom. The Morgan fingerprint density at radius 1 is 0.938 bits per heavy atom. The number of benzene rings is 1. The summed E-state index contributed by atoms with van der Waals surface area (Å²) in [5.41, 5.74) is 3.77. The lowest BCUT2D eigenvalue weighted by Gasteiger charge is -2.24. The van der Waals surface area contributed by atoms with E-state index >= 15 is 0 Å². The fourth-order valence-electron chi connectivity index (χ4n) is 2.00. The zero-order chi connectivity index (χ0) is 11.9. The topological polar surface area (TPSA) is 52.6 Å². The first-order valence-corrected chi connectivity index (χ1v) is 4.98. The van der Waals surface area contributed by atoms with Gasteiger partial charge in [-0.05, 0) is 20.8 Å². The Hall–Kier alpha value is -1.78. The van der Waals surface area contributed by atoms with Crippen LogP contribution in [0.5, 0.6) is 0 Å². The molecule has 1 saturated heterocycles. The molecule has 0 bridgehead atoms. The van der Waals surface area contributed by atoms with Crippen LogP contribution in [0, 0.1) is 20.8 Å². The summed E-state index contributed by atoms with van der Waals surface area (Å²) < 4.78 is 9.70. The van der Waals surface area contributed by atoms with Crippen LogP contribution in [0.3, 0.4) is 0 Å². The SMILES string of the molecule is Cc1cc(C)c([B-]2OC(=O)C(=O)O2)c(C)c1. The number of hydrogen-bond acceptors (Lipinski definition) is 4. The molecule has 1 heterocycles. The van der Waals surface area contributed by atoms with E-state index in [9.17, 15) is 9.59 Å². The van der Waals surface area contributed by atoms with Gasteiger partial charge in [-0.2, -0.15) is 0 Å². The van der Waals surface area contributed by atoms with Gasteiger partial charge >= 0.3 is 19.1 Å². The number of rotatable bonds is 1. The van der Waals surface area contributed by atoms with Crippen molar-refractivity contribution in [2.24, 2.45) is 0 Å². The molecule has 0 aliphatic carbocycles. The number of aryl methyl sites for hydroxylation is 3. The summed E-state index contributed by atoms with van der Waals surface area (Å²) in [6.07, 6.45) is 0. The lowest BCUT2D eigenvalue weighted by atomic mass is 9.73. The number of carbonyl (C=O) groups is 2. The average Bonchev–Trinajstić information content (AvgIpc) is 2.44. The van der Waals surface area contributed by atoms with Gasteiger partial charge in [0.25, 0.3) is 0 Å². The summed E-state index contributed by atoms with van der Waals surface area (Å²) in [6.45, 7) is 5.78. The Labute approximate surface area is 93.7 Å². The van der Waals surface area contributed by atoms with Crippen LogP contribution in [0.15, 0.2) is 12.1 Å². The molecule has 0 unspecified atom stereocenters. The van der Waals surface area contributed by atoms with Crippen LogP contribution >= 0.6 is 0 Å². The van der Waals surface area contributed by atoms with Crippen LogP contribution in [-0.2, 0) is 18.9 Å². The molecule has 16 heavy (non-hydrogen) atoms. The fourth-order valence-corrected chi connectivity index (χ4v) is 2.00. The van der Waals surface area contributed by atoms with Crippen molar-refractivity contribution in [2.75, 3.05) is 0 Å². The van der Waals surface area contributed by atoms with Crippen LogP contribution in [0.2, 0.25) is 0 Å². The van der Waals surface area contributed by atoms with Crippen LogP contribution < -0.4 is 5.46 Å². The Balaban J connectivity index is 2.42. The maximum atomic E-state index is 11.0. The predicted octanol–water partition coefficient (Wildman–Crippen LogP) is 0.407. The third kappa shape index (κ3) is 1.69. The molecule has 1 aliphatic rings. The third-order valence-corrected chi connectivity index (χ3v) is 2.57. The summed E-state index contributed by atoms with van der Waals surface area (Å²) in [5.74, 6) is -1.85. The van der Waals surface area contributed by atoms with Gasteiger partial charge in [-0.3, -0.25) is 0 Å².